The van der Waals surface area contributed by atoms with Crippen molar-refractivity contribution in [2.24, 2.45) is 0 Å². The summed E-state index contributed by atoms with van der Waals surface area (Å²) in [5.41, 5.74) is 1.20. The fourth-order valence-corrected chi connectivity index (χ4v) is 1.76. The predicted octanol–water partition coefficient (Wildman–Crippen LogP) is 1.95. The van der Waals surface area contributed by atoms with Crippen LogP contribution in [-0.4, -0.2) is 43.1 Å². The number of pyridine rings is 1. The van der Waals surface area contributed by atoms with E-state index in [1.165, 1.54) is 18.5 Å². The molecule has 0 aliphatic carbocycles. The molecule has 0 aromatic carbocycles. The van der Waals surface area contributed by atoms with Gasteiger partial charge < -0.3 is 10.2 Å². The van der Waals surface area contributed by atoms with E-state index in [4.69, 9.17) is 0 Å². The second-order valence-corrected chi connectivity index (χ2v) is 4.48. The Kier molecular flexibility index (Phi) is 7.60. The first-order valence-electron chi connectivity index (χ1n) is 6.62. The summed E-state index contributed by atoms with van der Waals surface area (Å²) in [6.07, 6.45) is 5.34. The van der Waals surface area contributed by atoms with E-state index in [1.807, 2.05) is 12.3 Å². The average molecular weight is 235 g/mol. The van der Waals surface area contributed by atoms with Gasteiger partial charge in [0.2, 0.25) is 0 Å². The quantitative estimate of drug-likeness (QED) is 0.663. The fraction of sp³-hybridized carbons (Fsp3) is 0.643. The summed E-state index contributed by atoms with van der Waals surface area (Å²) < 4.78 is 0. The summed E-state index contributed by atoms with van der Waals surface area (Å²) in [5, 5.41) is 3.42. The van der Waals surface area contributed by atoms with Crippen molar-refractivity contribution in [2.45, 2.75) is 26.2 Å². The van der Waals surface area contributed by atoms with Gasteiger partial charge in [-0.2, -0.15) is 0 Å². The van der Waals surface area contributed by atoms with Gasteiger partial charge in [0.1, 0.15) is 0 Å². The lowest BCUT2D eigenvalue weighted by Gasteiger charge is -2.16. The molecule has 0 unspecified atom stereocenters. The molecule has 17 heavy (non-hydrogen) atoms. The van der Waals surface area contributed by atoms with Crippen LogP contribution in [0.1, 0.15) is 25.5 Å². The predicted molar refractivity (Wildman–Crippen MR) is 73.2 cm³/mol. The lowest BCUT2D eigenvalue weighted by molar-refractivity contribution is 0.327. The number of likely N-dealkylation sites (N-methyl/N-ethyl adjacent to an activating group) is 1. The van der Waals surface area contributed by atoms with Gasteiger partial charge in [-0.1, -0.05) is 13.0 Å². The maximum absolute atomic E-state index is 4.33. The highest BCUT2D eigenvalue weighted by Gasteiger charge is 1.98. The van der Waals surface area contributed by atoms with Crippen molar-refractivity contribution in [3.05, 3.63) is 30.1 Å². The van der Waals surface area contributed by atoms with Gasteiger partial charge >= 0.3 is 0 Å². The summed E-state index contributed by atoms with van der Waals surface area (Å²) >= 11 is 0. The minimum absolute atomic E-state index is 1.08. The standard InChI is InChI=1S/C14H25N3/c1-3-9-15-11-13-17(2)12-6-8-14-7-4-5-10-16-14/h4-5,7,10,15H,3,6,8-9,11-13H2,1-2H3. The number of hydrogen-bond acceptors (Lipinski definition) is 3. The Hall–Kier alpha value is -0.930. The highest BCUT2D eigenvalue weighted by molar-refractivity contribution is 5.03. The van der Waals surface area contributed by atoms with Crippen LogP contribution in [-0.2, 0) is 6.42 Å². The van der Waals surface area contributed by atoms with Crippen molar-refractivity contribution in [1.29, 1.82) is 0 Å². The van der Waals surface area contributed by atoms with Crippen LogP contribution in [0.4, 0.5) is 0 Å². The van der Waals surface area contributed by atoms with Crippen LogP contribution in [0.3, 0.4) is 0 Å². The van der Waals surface area contributed by atoms with E-state index in [1.54, 1.807) is 0 Å². The Labute approximate surface area is 105 Å². The van der Waals surface area contributed by atoms with E-state index in [-0.39, 0.29) is 0 Å². The normalized spacial score (nSPS) is 11.0. The monoisotopic (exact) mass is 235 g/mol. The Bertz CT molecular complexity index is 274. The first-order chi connectivity index (χ1) is 8.33. The summed E-state index contributed by atoms with van der Waals surface area (Å²) in [6.45, 7) is 6.69. The van der Waals surface area contributed by atoms with Crippen LogP contribution in [0.15, 0.2) is 24.4 Å². The van der Waals surface area contributed by atoms with E-state index < -0.39 is 0 Å². The number of aryl methyl sites for hydroxylation is 1. The number of nitrogens with one attached hydrogen (secondary N) is 1. The highest BCUT2D eigenvalue weighted by atomic mass is 15.1. The summed E-state index contributed by atoms with van der Waals surface area (Å²) in [7, 11) is 2.19. The molecule has 0 amide bonds. The van der Waals surface area contributed by atoms with E-state index in [2.05, 4.69) is 41.3 Å². The Balaban J connectivity index is 2.02. The maximum atomic E-state index is 4.33. The molecule has 0 spiro atoms. The minimum Gasteiger partial charge on any atom is -0.315 e. The van der Waals surface area contributed by atoms with Crippen molar-refractivity contribution in [3.8, 4) is 0 Å². The summed E-state index contributed by atoms with van der Waals surface area (Å²) in [4.78, 5) is 6.71. The van der Waals surface area contributed by atoms with E-state index in [9.17, 15) is 0 Å². The number of aromatic nitrogens is 1. The van der Waals surface area contributed by atoms with Gasteiger partial charge in [-0.25, -0.2) is 0 Å². The van der Waals surface area contributed by atoms with Gasteiger partial charge in [0.05, 0.1) is 0 Å². The Morgan fingerprint density at radius 2 is 2.12 bits per heavy atom. The molecule has 0 fully saturated rings. The SMILES string of the molecule is CCCNCCN(C)CCCc1ccccn1. The molecule has 0 saturated carbocycles. The molecule has 3 heteroatoms. The molecule has 1 heterocycles. The Morgan fingerprint density at radius 3 is 2.82 bits per heavy atom. The number of nitrogens with zero attached hydrogens (tertiary/aromatic N) is 2. The zero-order chi connectivity index (χ0) is 12.3. The van der Waals surface area contributed by atoms with Gasteiger partial charge in [-0.15, -0.1) is 0 Å². The number of hydrogen-bond donors (Lipinski definition) is 1. The molecule has 96 valence electrons. The lowest BCUT2D eigenvalue weighted by atomic mass is 10.2. The molecule has 0 aliphatic rings. The zero-order valence-corrected chi connectivity index (χ0v) is 11.2. The molecular formula is C14H25N3. The fourth-order valence-electron chi connectivity index (χ4n) is 1.76. The van der Waals surface area contributed by atoms with Crippen LogP contribution in [0, 0.1) is 0 Å². The van der Waals surface area contributed by atoms with E-state index in [0.29, 0.717) is 0 Å². The Morgan fingerprint density at radius 1 is 1.24 bits per heavy atom. The first kappa shape index (κ1) is 14.1. The van der Waals surface area contributed by atoms with E-state index in [0.717, 1.165) is 32.6 Å². The molecular weight excluding hydrogens is 210 g/mol. The minimum atomic E-state index is 1.08. The molecule has 1 aromatic rings. The van der Waals surface area contributed by atoms with Crippen LogP contribution < -0.4 is 5.32 Å². The van der Waals surface area contributed by atoms with Gasteiger partial charge in [0, 0.05) is 25.0 Å². The van der Waals surface area contributed by atoms with Crippen molar-refractivity contribution in [2.75, 3.05) is 33.2 Å². The van der Waals surface area contributed by atoms with Crippen molar-refractivity contribution >= 4 is 0 Å². The van der Waals surface area contributed by atoms with Crippen LogP contribution in [0.25, 0.3) is 0 Å². The van der Waals surface area contributed by atoms with Crippen LogP contribution >= 0.6 is 0 Å². The van der Waals surface area contributed by atoms with Crippen LogP contribution in [0.2, 0.25) is 0 Å². The van der Waals surface area contributed by atoms with Gasteiger partial charge in [-0.05, 0) is 51.5 Å². The molecule has 0 saturated heterocycles. The van der Waals surface area contributed by atoms with Gasteiger partial charge in [0.25, 0.3) is 0 Å². The molecule has 0 bridgehead atoms. The smallest absolute Gasteiger partial charge is 0.0404 e. The average Bonchev–Trinajstić information content (AvgIpc) is 2.36. The number of rotatable bonds is 9. The third-order valence-corrected chi connectivity index (χ3v) is 2.80. The molecule has 0 radical (unpaired) electrons. The topological polar surface area (TPSA) is 28.2 Å². The van der Waals surface area contributed by atoms with Crippen molar-refractivity contribution in [1.82, 2.24) is 15.2 Å². The molecule has 3 nitrogen and oxygen atoms in total. The van der Waals surface area contributed by atoms with E-state index >= 15 is 0 Å². The second kappa shape index (κ2) is 9.14. The summed E-state index contributed by atoms with van der Waals surface area (Å²) in [6, 6.07) is 6.12. The largest absolute Gasteiger partial charge is 0.315 e. The van der Waals surface area contributed by atoms with Gasteiger partial charge in [0.15, 0.2) is 0 Å². The molecule has 0 atom stereocenters. The van der Waals surface area contributed by atoms with Crippen molar-refractivity contribution in [3.63, 3.8) is 0 Å². The van der Waals surface area contributed by atoms with Crippen LogP contribution in [0.5, 0.6) is 0 Å². The second-order valence-electron chi connectivity index (χ2n) is 4.48. The maximum Gasteiger partial charge on any atom is 0.0404 e. The van der Waals surface area contributed by atoms with Crippen molar-refractivity contribution < 1.29 is 0 Å². The third kappa shape index (κ3) is 7.08. The third-order valence-electron chi connectivity index (χ3n) is 2.80. The molecule has 0 aliphatic heterocycles. The molecule has 1 N–H and O–H groups in total. The molecule has 1 rings (SSSR count). The van der Waals surface area contributed by atoms with Gasteiger partial charge in [-0.3, -0.25) is 4.98 Å². The summed E-state index contributed by atoms with van der Waals surface area (Å²) in [5.74, 6) is 0. The zero-order valence-electron chi connectivity index (χ0n) is 11.2. The molecule has 1 aromatic heterocycles. The first-order valence-corrected chi connectivity index (χ1v) is 6.62. The lowest BCUT2D eigenvalue weighted by Crippen LogP contribution is -2.30. The highest BCUT2D eigenvalue weighted by Crippen LogP contribution is 1.99.